The van der Waals surface area contributed by atoms with Crippen molar-refractivity contribution in [2.45, 2.75) is 46.1 Å². The standard InChI is InChI=1S/C20H23N3/c1-3-5-8-16(4-2)14-23-15-18(11-17(12-21)13-22)19-9-6-7-10-20(19)23/h6-7,9-11,15-16H,3-5,8,14H2,1-2H3. The zero-order chi connectivity index (χ0) is 16.7. The van der Waals surface area contributed by atoms with Gasteiger partial charge in [0.25, 0.3) is 0 Å². The predicted octanol–water partition coefficient (Wildman–Crippen LogP) is 5.29. The zero-order valence-electron chi connectivity index (χ0n) is 13.9. The summed E-state index contributed by atoms with van der Waals surface area (Å²) in [5.74, 6) is 0.661. The number of benzene rings is 1. The summed E-state index contributed by atoms with van der Waals surface area (Å²) in [4.78, 5) is 0. The van der Waals surface area contributed by atoms with Crippen LogP contribution < -0.4 is 0 Å². The zero-order valence-corrected chi connectivity index (χ0v) is 13.9. The third-order valence-corrected chi connectivity index (χ3v) is 4.36. The van der Waals surface area contributed by atoms with E-state index in [1.807, 2.05) is 24.3 Å². The van der Waals surface area contributed by atoms with Crippen molar-refractivity contribution >= 4 is 17.0 Å². The number of hydrogen-bond donors (Lipinski definition) is 0. The lowest BCUT2D eigenvalue weighted by molar-refractivity contribution is 0.396. The van der Waals surface area contributed by atoms with Gasteiger partial charge in [-0.1, -0.05) is 51.3 Å². The van der Waals surface area contributed by atoms with Crippen LogP contribution in [0.1, 0.15) is 45.1 Å². The molecule has 0 aliphatic rings. The highest BCUT2D eigenvalue weighted by Gasteiger charge is 2.12. The van der Waals surface area contributed by atoms with Gasteiger partial charge in [-0.25, -0.2) is 0 Å². The number of unbranched alkanes of at least 4 members (excludes halogenated alkanes) is 1. The van der Waals surface area contributed by atoms with E-state index in [2.05, 4.69) is 36.7 Å². The molecule has 0 N–H and O–H groups in total. The summed E-state index contributed by atoms with van der Waals surface area (Å²) in [6.45, 7) is 5.46. The Morgan fingerprint density at radius 3 is 2.61 bits per heavy atom. The Kier molecular flexibility index (Phi) is 6.01. The van der Waals surface area contributed by atoms with Crippen molar-refractivity contribution in [1.29, 1.82) is 10.5 Å². The van der Waals surface area contributed by atoms with E-state index >= 15 is 0 Å². The van der Waals surface area contributed by atoms with Crippen molar-refractivity contribution < 1.29 is 0 Å². The van der Waals surface area contributed by atoms with Crippen molar-refractivity contribution in [2.75, 3.05) is 0 Å². The first-order valence-corrected chi connectivity index (χ1v) is 8.33. The van der Waals surface area contributed by atoms with Crippen molar-refractivity contribution in [3.63, 3.8) is 0 Å². The molecule has 0 saturated carbocycles. The van der Waals surface area contributed by atoms with Gasteiger partial charge in [-0.05, 0) is 24.5 Å². The van der Waals surface area contributed by atoms with Crippen LogP contribution in [0, 0.1) is 28.6 Å². The number of allylic oxidation sites excluding steroid dienone is 1. The number of hydrogen-bond acceptors (Lipinski definition) is 2. The summed E-state index contributed by atoms with van der Waals surface area (Å²) >= 11 is 0. The molecular weight excluding hydrogens is 282 g/mol. The highest BCUT2D eigenvalue weighted by atomic mass is 15.0. The molecule has 3 nitrogen and oxygen atoms in total. The lowest BCUT2D eigenvalue weighted by Gasteiger charge is -2.16. The highest BCUT2D eigenvalue weighted by molar-refractivity contribution is 5.90. The van der Waals surface area contributed by atoms with Crippen molar-refractivity contribution in [3.8, 4) is 12.1 Å². The first kappa shape index (κ1) is 16.8. The van der Waals surface area contributed by atoms with Crippen LogP contribution in [0.15, 0.2) is 36.0 Å². The Bertz CT molecular complexity index is 752. The molecule has 1 aromatic carbocycles. The first-order valence-electron chi connectivity index (χ1n) is 8.33. The van der Waals surface area contributed by atoms with Gasteiger partial charge in [0, 0.05) is 29.2 Å². The lowest BCUT2D eigenvalue weighted by atomic mass is 9.99. The second kappa shape index (κ2) is 8.20. The summed E-state index contributed by atoms with van der Waals surface area (Å²) in [5, 5.41) is 19.1. The third-order valence-electron chi connectivity index (χ3n) is 4.36. The van der Waals surface area contributed by atoms with E-state index in [1.54, 1.807) is 6.08 Å². The van der Waals surface area contributed by atoms with Gasteiger partial charge in [0.1, 0.15) is 17.7 Å². The van der Waals surface area contributed by atoms with E-state index in [9.17, 15) is 0 Å². The van der Waals surface area contributed by atoms with Gasteiger partial charge in [0.2, 0.25) is 0 Å². The fourth-order valence-electron chi connectivity index (χ4n) is 2.98. The van der Waals surface area contributed by atoms with E-state index in [1.165, 1.54) is 31.2 Å². The highest BCUT2D eigenvalue weighted by Crippen LogP contribution is 2.26. The van der Waals surface area contributed by atoms with Gasteiger partial charge < -0.3 is 4.57 Å². The van der Waals surface area contributed by atoms with E-state index in [0.717, 1.165) is 17.5 Å². The molecule has 1 heterocycles. The fraction of sp³-hybridized carbons (Fsp3) is 0.400. The molecule has 0 spiro atoms. The molecule has 0 aliphatic carbocycles. The van der Waals surface area contributed by atoms with Crippen LogP contribution in [-0.2, 0) is 6.54 Å². The molecule has 2 aromatic rings. The average molecular weight is 305 g/mol. The SMILES string of the molecule is CCCCC(CC)Cn1cc(C=C(C#N)C#N)c2ccccc21. The van der Waals surface area contributed by atoms with Crippen molar-refractivity contribution in [3.05, 3.63) is 41.6 Å². The molecule has 2 rings (SSSR count). The molecule has 0 bridgehead atoms. The topological polar surface area (TPSA) is 52.5 Å². The maximum atomic E-state index is 9.00. The van der Waals surface area contributed by atoms with Gasteiger partial charge in [0.15, 0.2) is 0 Å². The van der Waals surface area contributed by atoms with Gasteiger partial charge in [-0.3, -0.25) is 0 Å². The average Bonchev–Trinajstić information content (AvgIpc) is 2.94. The van der Waals surface area contributed by atoms with Gasteiger partial charge in [-0.2, -0.15) is 10.5 Å². The van der Waals surface area contributed by atoms with Crippen LogP contribution in [-0.4, -0.2) is 4.57 Å². The molecule has 0 aliphatic heterocycles. The summed E-state index contributed by atoms with van der Waals surface area (Å²) in [6, 6.07) is 12.1. The van der Waals surface area contributed by atoms with Gasteiger partial charge in [0.05, 0.1) is 0 Å². The van der Waals surface area contributed by atoms with E-state index in [0.29, 0.717) is 5.92 Å². The van der Waals surface area contributed by atoms with Crippen LogP contribution in [0.2, 0.25) is 0 Å². The Morgan fingerprint density at radius 1 is 1.22 bits per heavy atom. The summed E-state index contributed by atoms with van der Waals surface area (Å²) in [7, 11) is 0. The molecule has 0 radical (unpaired) electrons. The summed E-state index contributed by atoms with van der Waals surface area (Å²) < 4.78 is 2.28. The van der Waals surface area contributed by atoms with Crippen molar-refractivity contribution in [2.24, 2.45) is 5.92 Å². The second-order valence-corrected chi connectivity index (χ2v) is 5.95. The molecule has 1 atom stereocenters. The smallest absolute Gasteiger partial charge is 0.130 e. The minimum absolute atomic E-state index is 0.144. The second-order valence-electron chi connectivity index (χ2n) is 5.95. The Labute approximate surface area is 138 Å². The molecule has 0 saturated heterocycles. The van der Waals surface area contributed by atoms with Crippen LogP contribution >= 0.6 is 0 Å². The quantitative estimate of drug-likeness (QED) is 0.653. The number of nitrogens with zero attached hydrogens (tertiary/aromatic N) is 3. The van der Waals surface area contributed by atoms with Crippen LogP contribution in [0.25, 0.3) is 17.0 Å². The van der Waals surface area contributed by atoms with Crippen LogP contribution in [0.4, 0.5) is 0 Å². The molecule has 1 aromatic heterocycles. The maximum absolute atomic E-state index is 9.00. The lowest BCUT2D eigenvalue weighted by Crippen LogP contribution is -2.09. The van der Waals surface area contributed by atoms with Crippen LogP contribution in [0.5, 0.6) is 0 Å². The summed E-state index contributed by atoms with van der Waals surface area (Å²) in [5.41, 5.74) is 2.26. The Hall–Kier alpha value is -2.52. The number of para-hydroxylation sites is 1. The molecule has 0 fully saturated rings. The number of rotatable bonds is 7. The van der Waals surface area contributed by atoms with Gasteiger partial charge >= 0.3 is 0 Å². The maximum Gasteiger partial charge on any atom is 0.130 e. The Morgan fingerprint density at radius 2 is 1.96 bits per heavy atom. The van der Waals surface area contributed by atoms with Crippen molar-refractivity contribution in [1.82, 2.24) is 4.57 Å². The van der Waals surface area contributed by atoms with Crippen LogP contribution in [0.3, 0.4) is 0 Å². The monoisotopic (exact) mass is 305 g/mol. The largest absolute Gasteiger partial charge is 0.347 e. The molecule has 1 unspecified atom stereocenters. The normalized spacial score (nSPS) is 11.7. The predicted molar refractivity (Wildman–Crippen MR) is 94.4 cm³/mol. The molecule has 118 valence electrons. The summed E-state index contributed by atoms with van der Waals surface area (Å²) in [6.07, 6.45) is 8.66. The molecule has 0 amide bonds. The minimum atomic E-state index is 0.144. The molecule has 23 heavy (non-hydrogen) atoms. The Balaban J connectivity index is 2.40. The fourth-order valence-corrected chi connectivity index (χ4v) is 2.98. The third kappa shape index (κ3) is 4.02. The number of aromatic nitrogens is 1. The molecule has 3 heteroatoms. The van der Waals surface area contributed by atoms with E-state index < -0.39 is 0 Å². The number of fused-ring (bicyclic) bond motifs is 1. The molecular formula is C20H23N3. The number of nitriles is 2. The van der Waals surface area contributed by atoms with E-state index in [-0.39, 0.29) is 5.57 Å². The first-order chi connectivity index (χ1) is 11.2. The van der Waals surface area contributed by atoms with E-state index in [4.69, 9.17) is 10.5 Å². The van der Waals surface area contributed by atoms with Gasteiger partial charge in [-0.15, -0.1) is 0 Å². The minimum Gasteiger partial charge on any atom is -0.347 e.